The Labute approximate surface area is 361 Å². The highest BCUT2D eigenvalue weighted by Gasteiger charge is 2.19. The molecule has 2 atom stereocenters. The van der Waals surface area contributed by atoms with Crippen LogP contribution in [0.1, 0.15) is 291 Å². The Morgan fingerprint density at radius 1 is 0.345 bits per heavy atom. The van der Waals surface area contributed by atoms with Crippen LogP contribution in [0.3, 0.4) is 0 Å². The zero-order chi connectivity index (χ0) is 42.4. The number of hydrogen-bond acceptors (Lipinski definition) is 6. The van der Waals surface area contributed by atoms with Gasteiger partial charge in [-0.05, 0) is 25.2 Å². The van der Waals surface area contributed by atoms with Crippen molar-refractivity contribution in [2.45, 2.75) is 297 Å². The van der Waals surface area contributed by atoms with Crippen LogP contribution in [0, 0.1) is 5.92 Å². The summed E-state index contributed by atoms with van der Waals surface area (Å²) in [6.45, 7) is 9.00. The maximum absolute atomic E-state index is 12.8. The first kappa shape index (κ1) is 56.4. The Bertz CT molecular complexity index is 874. The summed E-state index contributed by atoms with van der Waals surface area (Å²) >= 11 is 0. The van der Waals surface area contributed by atoms with Gasteiger partial charge >= 0.3 is 17.9 Å². The third kappa shape index (κ3) is 44.0. The summed E-state index contributed by atoms with van der Waals surface area (Å²) in [5.74, 6) is -0.0333. The van der Waals surface area contributed by atoms with Crippen LogP contribution in [0.25, 0.3) is 0 Å². The quantitative estimate of drug-likeness (QED) is 0.0346. The standard InChI is InChI=1S/C52H100O6/c1-5-8-10-12-14-16-18-20-21-22-23-25-27-29-31-37-41-45-52(55)58-49(47-57-51(54)44-40-36-33-32-34-38-42-48(4)7-3)46-56-50(53)43-39-35-30-28-26-24-19-17-15-13-11-9-6-2/h48-49H,5-47H2,1-4H3/t48?,49-/m1/s1. The molecule has 0 saturated heterocycles. The van der Waals surface area contributed by atoms with E-state index in [1.807, 2.05) is 0 Å². The van der Waals surface area contributed by atoms with E-state index < -0.39 is 6.10 Å². The van der Waals surface area contributed by atoms with E-state index in [4.69, 9.17) is 14.2 Å². The minimum absolute atomic E-state index is 0.0635. The van der Waals surface area contributed by atoms with Gasteiger partial charge in [0.1, 0.15) is 13.2 Å². The molecule has 0 aliphatic carbocycles. The van der Waals surface area contributed by atoms with E-state index in [1.54, 1.807) is 0 Å². The van der Waals surface area contributed by atoms with Crippen molar-refractivity contribution in [2.75, 3.05) is 13.2 Å². The van der Waals surface area contributed by atoms with Gasteiger partial charge in [0.25, 0.3) is 0 Å². The Hall–Kier alpha value is -1.59. The number of hydrogen-bond donors (Lipinski definition) is 0. The SMILES string of the molecule is CCCCCCCCCCCCCCCCCCCC(=O)O[C@H](COC(=O)CCCCCCCCCCCCCCC)COC(=O)CCCCCCCCC(C)CC. The number of unbranched alkanes of at least 4 members (excludes halogenated alkanes) is 33. The summed E-state index contributed by atoms with van der Waals surface area (Å²) in [6.07, 6.45) is 48.0. The van der Waals surface area contributed by atoms with Crippen molar-refractivity contribution in [2.24, 2.45) is 5.92 Å². The lowest BCUT2D eigenvalue weighted by Crippen LogP contribution is -2.30. The predicted molar refractivity (Wildman–Crippen MR) is 247 cm³/mol. The molecule has 0 bridgehead atoms. The number of rotatable bonds is 47. The summed E-state index contributed by atoms with van der Waals surface area (Å²) in [6, 6.07) is 0. The molecule has 1 unspecified atom stereocenters. The van der Waals surface area contributed by atoms with Crippen molar-refractivity contribution in [1.29, 1.82) is 0 Å². The molecule has 344 valence electrons. The monoisotopic (exact) mass is 821 g/mol. The zero-order valence-corrected chi connectivity index (χ0v) is 39.5. The molecular weight excluding hydrogens is 721 g/mol. The second-order valence-electron chi connectivity index (χ2n) is 18.1. The van der Waals surface area contributed by atoms with Gasteiger partial charge in [0, 0.05) is 19.3 Å². The van der Waals surface area contributed by atoms with Crippen molar-refractivity contribution in [3.8, 4) is 0 Å². The largest absolute Gasteiger partial charge is 0.462 e. The fourth-order valence-electron chi connectivity index (χ4n) is 7.83. The molecule has 0 fully saturated rings. The highest BCUT2D eigenvalue weighted by atomic mass is 16.6. The smallest absolute Gasteiger partial charge is 0.306 e. The van der Waals surface area contributed by atoms with Gasteiger partial charge in [-0.1, -0.05) is 252 Å². The predicted octanol–water partition coefficient (Wildman–Crippen LogP) is 16.7. The molecule has 0 saturated carbocycles. The Kier molecular flexibility index (Phi) is 45.2. The average molecular weight is 821 g/mol. The molecular formula is C52H100O6. The van der Waals surface area contributed by atoms with E-state index in [9.17, 15) is 14.4 Å². The molecule has 0 amide bonds. The van der Waals surface area contributed by atoms with Gasteiger partial charge in [-0.25, -0.2) is 0 Å². The van der Waals surface area contributed by atoms with E-state index in [2.05, 4.69) is 27.7 Å². The zero-order valence-electron chi connectivity index (χ0n) is 39.5. The van der Waals surface area contributed by atoms with Gasteiger partial charge in [-0.3, -0.25) is 14.4 Å². The fraction of sp³-hybridized carbons (Fsp3) is 0.942. The minimum Gasteiger partial charge on any atom is -0.462 e. The highest BCUT2D eigenvalue weighted by molar-refractivity contribution is 5.71. The van der Waals surface area contributed by atoms with E-state index >= 15 is 0 Å². The third-order valence-corrected chi connectivity index (χ3v) is 12.2. The van der Waals surface area contributed by atoms with Gasteiger partial charge in [0.05, 0.1) is 0 Å². The molecule has 0 aromatic rings. The van der Waals surface area contributed by atoms with Crippen LogP contribution in [-0.2, 0) is 28.6 Å². The second kappa shape index (κ2) is 46.5. The van der Waals surface area contributed by atoms with Crippen molar-refractivity contribution >= 4 is 17.9 Å². The molecule has 0 aromatic carbocycles. The highest BCUT2D eigenvalue weighted by Crippen LogP contribution is 2.17. The fourth-order valence-corrected chi connectivity index (χ4v) is 7.83. The molecule has 0 spiro atoms. The van der Waals surface area contributed by atoms with Crippen LogP contribution >= 0.6 is 0 Å². The molecule has 6 nitrogen and oxygen atoms in total. The van der Waals surface area contributed by atoms with E-state index in [-0.39, 0.29) is 31.1 Å². The third-order valence-electron chi connectivity index (χ3n) is 12.2. The average Bonchev–Trinajstić information content (AvgIpc) is 3.22. The van der Waals surface area contributed by atoms with Crippen LogP contribution < -0.4 is 0 Å². The van der Waals surface area contributed by atoms with E-state index in [0.29, 0.717) is 19.3 Å². The number of esters is 3. The maximum atomic E-state index is 12.8. The Morgan fingerprint density at radius 2 is 0.603 bits per heavy atom. The molecule has 0 aromatic heterocycles. The molecule has 6 heteroatoms. The van der Waals surface area contributed by atoms with E-state index in [0.717, 1.165) is 63.7 Å². The number of ether oxygens (including phenoxy) is 3. The van der Waals surface area contributed by atoms with Gasteiger partial charge < -0.3 is 14.2 Å². The molecule has 0 radical (unpaired) electrons. The molecule has 58 heavy (non-hydrogen) atoms. The topological polar surface area (TPSA) is 78.9 Å². The summed E-state index contributed by atoms with van der Waals surface area (Å²) in [5.41, 5.74) is 0. The lowest BCUT2D eigenvalue weighted by molar-refractivity contribution is -0.167. The summed E-state index contributed by atoms with van der Waals surface area (Å²) in [7, 11) is 0. The van der Waals surface area contributed by atoms with Gasteiger partial charge in [0.15, 0.2) is 6.10 Å². The first-order chi connectivity index (χ1) is 28.4. The molecule has 0 heterocycles. The van der Waals surface area contributed by atoms with E-state index in [1.165, 1.54) is 186 Å². The van der Waals surface area contributed by atoms with Crippen LogP contribution in [0.5, 0.6) is 0 Å². The van der Waals surface area contributed by atoms with Gasteiger partial charge in [-0.15, -0.1) is 0 Å². The van der Waals surface area contributed by atoms with Crippen molar-refractivity contribution in [1.82, 2.24) is 0 Å². The summed E-state index contributed by atoms with van der Waals surface area (Å²) in [4.78, 5) is 37.9. The molecule has 0 rings (SSSR count). The first-order valence-electron chi connectivity index (χ1n) is 25.9. The minimum atomic E-state index is -0.761. The normalized spacial score (nSPS) is 12.4. The second-order valence-corrected chi connectivity index (χ2v) is 18.1. The summed E-state index contributed by atoms with van der Waals surface area (Å²) in [5, 5.41) is 0. The maximum Gasteiger partial charge on any atom is 0.306 e. The van der Waals surface area contributed by atoms with Crippen LogP contribution in [0.4, 0.5) is 0 Å². The number of carbonyl (C=O) groups excluding carboxylic acids is 3. The number of carbonyl (C=O) groups is 3. The van der Waals surface area contributed by atoms with Crippen LogP contribution in [0.2, 0.25) is 0 Å². The van der Waals surface area contributed by atoms with Crippen molar-refractivity contribution in [3.63, 3.8) is 0 Å². The molecule has 0 N–H and O–H groups in total. The van der Waals surface area contributed by atoms with Crippen LogP contribution in [0.15, 0.2) is 0 Å². The van der Waals surface area contributed by atoms with Gasteiger partial charge in [-0.2, -0.15) is 0 Å². The molecule has 0 aliphatic rings. The first-order valence-corrected chi connectivity index (χ1v) is 25.9. The van der Waals surface area contributed by atoms with Crippen molar-refractivity contribution in [3.05, 3.63) is 0 Å². The Morgan fingerprint density at radius 3 is 0.897 bits per heavy atom. The lowest BCUT2D eigenvalue weighted by Gasteiger charge is -2.18. The Balaban J connectivity index is 4.29. The van der Waals surface area contributed by atoms with Crippen LogP contribution in [-0.4, -0.2) is 37.2 Å². The molecule has 0 aliphatic heterocycles. The van der Waals surface area contributed by atoms with Gasteiger partial charge in [0.2, 0.25) is 0 Å². The summed E-state index contributed by atoms with van der Waals surface area (Å²) < 4.78 is 16.8. The lowest BCUT2D eigenvalue weighted by atomic mass is 10.00. The van der Waals surface area contributed by atoms with Crippen molar-refractivity contribution < 1.29 is 28.6 Å².